The van der Waals surface area contributed by atoms with E-state index in [1.54, 1.807) is 0 Å². The number of rotatable bonds is 5. The van der Waals surface area contributed by atoms with Crippen LogP contribution in [0, 0.1) is 11.8 Å². The summed E-state index contributed by atoms with van der Waals surface area (Å²) >= 11 is 0. The van der Waals surface area contributed by atoms with E-state index in [0.29, 0.717) is 37.7 Å². The van der Waals surface area contributed by atoms with Gasteiger partial charge in [-0.2, -0.15) is 8.78 Å². The fourth-order valence-electron chi connectivity index (χ4n) is 2.42. The molecule has 1 rings (SSSR count). The number of hydrogen-bond acceptors (Lipinski definition) is 1. The Bertz CT molecular complexity index is 404. The molecular formula is C15H21F5O. The lowest BCUT2D eigenvalue weighted by atomic mass is 9.82. The Hall–Kier alpha value is -0.910. The van der Waals surface area contributed by atoms with Crippen LogP contribution >= 0.6 is 0 Å². The second kappa shape index (κ2) is 7.38. The zero-order chi connectivity index (χ0) is 16.2. The van der Waals surface area contributed by atoms with Gasteiger partial charge in [-0.15, -0.1) is 0 Å². The molecule has 0 amide bonds. The van der Waals surface area contributed by atoms with E-state index in [1.807, 2.05) is 6.92 Å². The maximum atomic E-state index is 13.9. The van der Waals surface area contributed by atoms with Crippen LogP contribution in [-0.2, 0) is 4.74 Å². The monoisotopic (exact) mass is 312 g/mol. The zero-order valence-corrected chi connectivity index (χ0v) is 12.4. The second-order valence-corrected chi connectivity index (χ2v) is 5.70. The summed E-state index contributed by atoms with van der Waals surface area (Å²) in [6, 6.07) is 0. The van der Waals surface area contributed by atoms with E-state index in [1.165, 1.54) is 6.92 Å². The van der Waals surface area contributed by atoms with Crippen LogP contribution in [0.4, 0.5) is 22.0 Å². The molecule has 6 heteroatoms. The predicted octanol–water partition coefficient (Wildman–Crippen LogP) is 5.83. The largest absolute Gasteiger partial charge is 0.359 e. The van der Waals surface area contributed by atoms with Gasteiger partial charge in [-0.1, -0.05) is 19.8 Å². The molecule has 0 aromatic carbocycles. The van der Waals surface area contributed by atoms with Crippen molar-refractivity contribution in [2.45, 2.75) is 58.7 Å². The fraction of sp³-hybridized carbons (Fsp3) is 0.733. The Morgan fingerprint density at radius 1 is 1.14 bits per heavy atom. The first-order valence-electron chi connectivity index (χ1n) is 7.08. The average Bonchev–Trinajstić information content (AvgIpc) is 2.37. The number of allylic oxidation sites excluding steroid dienone is 3. The zero-order valence-electron chi connectivity index (χ0n) is 12.4. The Morgan fingerprint density at radius 2 is 1.67 bits per heavy atom. The minimum Gasteiger partial charge on any atom is -0.313 e. The molecule has 1 nitrogen and oxygen atoms in total. The van der Waals surface area contributed by atoms with Crippen molar-refractivity contribution in [1.82, 2.24) is 0 Å². The molecule has 1 unspecified atom stereocenters. The summed E-state index contributed by atoms with van der Waals surface area (Å²) in [6.45, 7) is 3.91. The van der Waals surface area contributed by atoms with Gasteiger partial charge in [0.05, 0.1) is 12.0 Å². The van der Waals surface area contributed by atoms with Gasteiger partial charge in [0.2, 0.25) is 0 Å². The lowest BCUT2D eigenvalue weighted by Crippen LogP contribution is -2.36. The Morgan fingerprint density at radius 3 is 2.14 bits per heavy atom. The molecular weight excluding hydrogens is 291 g/mol. The standard InChI is InChI=1S/C15H21F5O/c1-9-4-6-12(7-5-9)15(19,20)21-10(2)8-13(17)14(18)11(3)16/h8-10,12H,4-7H2,1-3H3/b13-8+,14-11-. The van der Waals surface area contributed by atoms with Crippen molar-refractivity contribution in [3.05, 3.63) is 23.6 Å². The highest BCUT2D eigenvalue weighted by Gasteiger charge is 2.43. The smallest absolute Gasteiger partial charge is 0.313 e. The van der Waals surface area contributed by atoms with Gasteiger partial charge in [0.15, 0.2) is 11.7 Å². The van der Waals surface area contributed by atoms with E-state index >= 15 is 0 Å². The summed E-state index contributed by atoms with van der Waals surface area (Å²) in [5.41, 5.74) is 0. The molecule has 1 fully saturated rings. The summed E-state index contributed by atoms with van der Waals surface area (Å²) in [6.07, 6.45) is -2.18. The molecule has 21 heavy (non-hydrogen) atoms. The molecule has 1 saturated carbocycles. The van der Waals surface area contributed by atoms with Crippen molar-refractivity contribution in [3.8, 4) is 0 Å². The van der Waals surface area contributed by atoms with Crippen LogP contribution in [0.25, 0.3) is 0 Å². The maximum Gasteiger partial charge on any atom is 0.359 e. The van der Waals surface area contributed by atoms with Crippen LogP contribution in [0.5, 0.6) is 0 Å². The maximum absolute atomic E-state index is 13.9. The van der Waals surface area contributed by atoms with Crippen molar-refractivity contribution < 1.29 is 26.7 Å². The molecule has 0 saturated heterocycles. The second-order valence-electron chi connectivity index (χ2n) is 5.70. The van der Waals surface area contributed by atoms with Crippen molar-refractivity contribution in [3.63, 3.8) is 0 Å². The number of halogens is 5. The first-order chi connectivity index (χ1) is 9.63. The molecule has 0 bridgehead atoms. The third-order valence-corrected chi connectivity index (χ3v) is 3.73. The summed E-state index contributed by atoms with van der Waals surface area (Å²) in [7, 11) is 0. The predicted molar refractivity (Wildman–Crippen MR) is 70.7 cm³/mol. The number of hydrogen-bond donors (Lipinski definition) is 0. The van der Waals surface area contributed by atoms with Crippen LogP contribution in [0.1, 0.15) is 46.5 Å². The Kier molecular flexibility index (Phi) is 6.38. The Balaban J connectivity index is 2.66. The van der Waals surface area contributed by atoms with E-state index in [9.17, 15) is 22.0 Å². The molecule has 1 atom stereocenters. The van der Waals surface area contributed by atoms with E-state index in [-0.39, 0.29) is 0 Å². The molecule has 1 aliphatic rings. The molecule has 0 radical (unpaired) electrons. The van der Waals surface area contributed by atoms with Gasteiger partial charge in [-0.05, 0) is 38.7 Å². The van der Waals surface area contributed by atoms with Crippen LogP contribution in [0.2, 0.25) is 0 Å². The molecule has 122 valence electrons. The minimum atomic E-state index is -3.40. The molecule has 0 spiro atoms. The lowest BCUT2D eigenvalue weighted by molar-refractivity contribution is -0.288. The summed E-state index contributed by atoms with van der Waals surface area (Å²) < 4.78 is 71.1. The third kappa shape index (κ3) is 5.41. The quantitative estimate of drug-likeness (QED) is 0.458. The summed E-state index contributed by atoms with van der Waals surface area (Å²) in [5.74, 6) is -5.07. The average molecular weight is 312 g/mol. The van der Waals surface area contributed by atoms with Gasteiger partial charge in [0.25, 0.3) is 0 Å². The van der Waals surface area contributed by atoms with Crippen LogP contribution in [-0.4, -0.2) is 12.2 Å². The van der Waals surface area contributed by atoms with Gasteiger partial charge >= 0.3 is 6.11 Å². The van der Waals surface area contributed by atoms with Crippen molar-refractivity contribution in [1.29, 1.82) is 0 Å². The van der Waals surface area contributed by atoms with Crippen molar-refractivity contribution >= 4 is 0 Å². The molecule has 0 aromatic rings. The number of alkyl halides is 2. The lowest BCUT2D eigenvalue weighted by Gasteiger charge is -2.33. The van der Waals surface area contributed by atoms with Gasteiger partial charge in [0, 0.05) is 0 Å². The SMILES string of the molecule is C/C(F)=C(F)\C(F)=C/C(C)OC(F)(F)C1CCC(C)CC1. The molecule has 1 aliphatic carbocycles. The highest BCUT2D eigenvalue weighted by Crippen LogP contribution is 2.40. The van der Waals surface area contributed by atoms with Gasteiger partial charge in [0.1, 0.15) is 5.83 Å². The highest BCUT2D eigenvalue weighted by atomic mass is 19.3. The minimum absolute atomic E-state index is 0.338. The number of ether oxygens (including phenoxy) is 1. The molecule has 0 aromatic heterocycles. The molecule has 0 heterocycles. The first-order valence-corrected chi connectivity index (χ1v) is 7.08. The van der Waals surface area contributed by atoms with Gasteiger partial charge < -0.3 is 4.74 Å². The van der Waals surface area contributed by atoms with E-state index in [2.05, 4.69) is 4.74 Å². The van der Waals surface area contributed by atoms with Crippen molar-refractivity contribution in [2.24, 2.45) is 11.8 Å². The van der Waals surface area contributed by atoms with E-state index < -0.39 is 35.6 Å². The van der Waals surface area contributed by atoms with Crippen molar-refractivity contribution in [2.75, 3.05) is 0 Å². The summed E-state index contributed by atoms with van der Waals surface area (Å²) in [4.78, 5) is 0. The van der Waals surface area contributed by atoms with E-state index in [0.717, 1.165) is 6.92 Å². The molecule has 0 aliphatic heterocycles. The van der Waals surface area contributed by atoms with Gasteiger partial charge in [-0.25, -0.2) is 13.2 Å². The fourth-order valence-corrected chi connectivity index (χ4v) is 2.42. The highest BCUT2D eigenvalue weighted by molar-refractivity contribution is 5.21. The topological polar surface area (TPSA) is 9.23 Å². The normalized spacial score (nSPS) is 27.3. The van der Waals surface area contributed by atoms with Gasteiger partial charge in [-0.3, -0.25) is 0 Å². The summed E-state index contributed by atoms with van der Waals surface area (Å²) in [5, 5.41) is 0. The first kappa shape index (κ1) is 18.1. The van der Waals surface area contributed by atoms with Crippen LogP contribution in [0.3, 0.4) is 0 Å². The van der Waals surface area contributed by atoms with E-state index in [4.69, 9.17) is 0 Å². The Labute approximate surface area is 121 Å². The van der Waals surface area contributed by atoms with Crippen LogP contribution < -0.4 is 0 Å². The third-order valence-electron chi connectivity index (χ3n) is 3.73. The van der Waals surface area contributed by atoms with Crippen LogP contribution in [0.15, 0.2) is 23.6 Å². The molecule has 0 N–H and O–H groups in total.